The van der Waals surface area contributed by atoms with Gasteiger partial charge < -0.3 is 9.88 Å². The first-order valence-corrected chi connectivity index (χ1v) is 10.9. The Morgan fingerprint density at radius 1 is 1.15 bits per heavy atom. The van der Waals surface area contributed by atoms with Gasteiger partial charge in [-0.1, -0.05) is 18.2 Å². The van der Waals surface area contributed by atoms with Crippen LogP contribution in [0.25, 0.3) is 10.9 Å². The van der Waals surface area contributed by atoms with Gasteiger partial charge in [-0.25, -0.2) is 0 Å². The Kier molecular flexibility index (Phi) is 4.10. The summed E-state index contributed by atoms with van der Waals surface area (Å²) in [5, 5.41) is 4.76. The molecule has 4 bridgehead atoms. The molecule has 0 aliphatic heterocycles. The van der Waals surface area contributed by atoms with E-state index >= 15 is 0 Å². The molecule has 1 aromatic carbocycles. The van der Waals surface area contributed by atoms with Gasteiger partial charge in [0.1, 0.15) is 0 Å². The first kappa shape index (κ1) is 17.3. The maximum Gasteiger partial charge on any atom is 0.226 e. The smallest absolute Gasteiger partial charge is 0.226 e. The molecule has 4 aliphatic rings. The molecular formula is C24H32N2O. The second kappa shape index (κ2) is 6.39. The van der Waals surface area contributed by atoms with Crippen molar-refractivity contribution >= 4 is 16.8 Å². The van der Waals surface area contributed by atoms with E-state index in [1.165, 1.54) is 35.7 Å². The van der Waals surface area contributed by atoms with E-state index < -0.39 is 0 Å². The third-order valence-electron chi connectivity index (χ3n) is 7.72. The highest BCUT2D eigenvalue weighted by atomic mass is 16.2. The standard InChI is InChI=1S/C24H32N2O/c1-16(7-8-20-15-26(2)22-6-4-3-5-21(20)22)25-23(27)24-12-17-9-18(13-24)11-19(10-17)14-24/h3-6,15-19H,7-14H2,1-2H3,(H,25,27)/t16-,17?,18?,19?,24?/m0/s1. The Labute approximate surface area is 162 Å². The van der Waals surface area contributed by atoms with Gasteiger partial charge in [-0.15, -0.1) is 0 Å². The zero-order valence-electron chi connectivity index (χ0n) is 16.7. The lowest BCUT2D eigenvalue weighted by Crippen LogP contribution is -2.54. The fourth-order valence-corrected chi connectivity index (χ4v) is 6.83. The average Bonchev–Trinajstić information content (AvgIpc) is 2.95. The van der Waals surface area contributed by atoms with E-state index in [0.717, 1.165) is 49.9 Å². The summed E-state index contributed by atoms with van der Waals surface area (Å²) in [5.41, 5.74) is 2.66. The third kappa shape index (κ3) is 2.99. The van der Waals surface area contributed by atoms with Crippen LogP contribution >= 0.6 is 0 Å². The monoisotopic (exact) mass is 364 g/mol. The van der Waals surface area contributed by atoms with Gasteiger partial charge >= 0.3 is 0 Å². The van der Waals surface area contributed by atoms with Crippen molar-refractivity contribution in [2.45, 2.75) is 64.3 Å². The second-order valence-electron chi connectivity index (χ2n) is 9.89. The molecule has 1 amide bonds. The lowest BCUT2D eigenvalue weighted by atomic mass is 9.49. The van der Waals surface area contributed by atoms with E-state index in [1.807, 2.05) is 0 Å². The highest BCUT2D eigenvalue weighted by Crippen LogP contribution is 2.60. The summed E-state index contributed by atoms with van der Waals surface area (Å²) in [5.74, 6) is 2.85. The van der Waals surface area contributed by atoms with Crippen molar-refractivity contribution in [3.63, 3.8) is 0 Å². The molecule has 1 N–H and O–H groups in total. The van der Waals surface area contributed by atoms with Gasteiger partial charge in [0.05, 0.1) is 0 Å². The van der Waals surface area contributed by atoms with Crippen LogP contribution in [0.3, 0.4) is 0 Å². The summed E-state index contributed by atoms with van der Waals surface area (Å²) in [6.07, 6.45) is 11.9. The van der Waals surface area contributed by atoms with Crippen LogP contribution in [0.5, 0.6) is 0 Å². The molecule has 144 valence electrons. The van der Waals surface area contributed by atoms with Crippen molar-refractivity contribution in [1.82, 2.24) is 9.88 Å². The average molecular weight is 365 g/mol. The topological polar surface area (TPSA) is 34.0 Å². The van der Waals surface area contributed by atoms with Crippen molar-refractivity contribution in [1.29, 1.82) is 0 Å². The molecule has 3 nitrogen and oxygen atoms in total. The number of aryl methyl sites for hydroxylation is 2. The SMILES string of the molecule is C[C@@H](CCc1cn(C)c2ccccc12)NC(=O)C12CC3CC(CC(C3)C1)C2. The Balaban J connectivity index is 1.23. The second-order valence-corrected chi connectivity index (χ2v) is 9.89. The molecule has 1 heterocycles. The highest BCUT2D eigenvalue weighted by molar-refractivity contribution is 5.84. The molecule has 0 radical (unpaired) electrons. The van der Waals surface area contributed by atoms with Gasteiger partial charge in [0, 0.05) is 35.6 Å². The number of nitrogens with one attached hydrogen (secondary N) is 1. The van der Waals surface area contributed by atoms with Crippen molar-refractivity contribution in [3.8, 4) is 0 Å². The molecule has 27 heavy (non-hydrogen) atoms. The number of amides is 1. The van der Waals surface area contributed by atoms with Crippen LogP contribution in [-0.2, 0) is 18.3 Å². The quantitative estimate of drug-likeness (QED) is 0.810. The number of aromatic nitrogens is 1. The van der Waals surface area contributed by atoms with Crippen LogP contribution in [0.4, 0.5) is 0 Å². The van der Waals surface area contributed by atoms with Gasteiger partial charge in [-0.3, -0.25) is 4.79 Å². The predicted molar refractivity (Wildman–Crippen MR) is 109 cm³/mol. The molecule has 4 fully saturated rings. The van der Waals surface area contributed by atoms with Crippen LogP contribution in [0.15, 0.2) is 30.5 Å². The molecule has 4 saturated carbocycles. The number of hydrogen-bond donors (Lipinski definition) is 1. The van der Waals surface area contributed by atoms with E-state index in [0.29, 0.717) is 5.91 Å². The van der Waals surface area contributed by atoms with Crippen molar-refractivity contribution in [2.24, 2.45) is 30.2 Å². The minimum absolute atomic E-state index is 0.0253. The molecule has 0 spiro atoms. The number of nitrogens with zero attached hydrogens (tertiary/aromatic N) is 1. The third-order valence-corrected chi connectivity index (χ3v) is 7.72. The summed E-state index contributed by atoms with van der Waals surface area (Å²) >= 11 is 0. The molecule has 1 atom stereocenters. The normalized spacial score (nSPS) is 32.7. The summed E-state index contributed by atoms with van der Waals surface area (Å²) in [7, 11) is 2.12. The van der Waals surface area contributed by atoms with Gasteiger partial charge in [0.15, 0.2) is 0 Å². The molecule has 3 heteroatoms. The van der Waals surface area contributed by atoms with Crippen molar-refractivity contribution in [2.75, 3.05) is 0 Å². The first-order chi connectivity index (χ1) is 13.0. The van der Waals surface area contributed by atoms with Gasteiger partial charge in [0.25, 0.3) is 0 Å². The van der Waals surface area contributed by atoms with E-state index in [4.69, 9.17) is 0 Å². The summed E-state index contributed by atoms with van der Waals surface area (Å²) in [6, 6.07) is 8.84. The molecule has 2 aromatic rings. The van der Waals surface area contributed by atoms with Gasteiger partial charge in [0.2, 0.25) is 5.91 Å². The number of rotatable bonds is 5. The highest BCUT2D eigenvalue weighted by Gasteiger charge is 2.54. The van der Waals surface area contributed by atoms with E-state index in [2.05, 4.69) is 54.3 Å². The zero-order valence-corrected chi connectivity index (χ0v) is 16.7. The number of fused-ring (bicyclic) bond motifs is 1. The van der Waals surface area contributed by atoms with Crippen molar-refractivity contribution in [3.05, 3.63) is 36.0 Å². The number of carbonyl (C=O) groups is 1. The number of para-hydroxylation sites is 1. The fraction of sp³-hybridized carbons (Fsp3) is 0.625. The van der Waals surface area contributed by atoms with E-state index in [-0.39, 0.29) is 11.5 Å². The van der Waals surface area contributed by atoms with Crippen LogP contribution in [0, 0.1) is 23.2 Å². The van der Waals surface area contributed by atoms with Crippen LogP contribution in [0.2, 0.25) is 0 Å². The molecule has 1 aromatic heterocycles. The summed E-state index contributed by atoms with van der Waals surface area (Å²) in [6.45, 7) is 2.18. The molecule has 0 saturated heterocycles. The molecule has 0 unspecified atom stereocenters. The summed E-state index contributed by atoms with van der Waals surface area (Å²) in [4.78, 5) is 13.2. The maximum atomic E-state index is 13.2. The maximum absolute atomic E-state index is 13.2. The molecule has 6 rings (SSSR count). The Morgan fingerprint density at radius 3 is 2.44 bits per heavy atom. The number of carbonyl (C=O) groups excluding carboxylic acids is 1. The largest absolute Gasteiger partial charge is 0.353 e. The van der Waals surface area contributed by atoms with Gasteiger partial charge in [-0.05, 0) is 87.7 Å². The minimum atomic E-state index is -0.0253. The Bertz CT molecular complexity index is 829. The molecule has 4 aliphatic carbocycles. The van der Waals surface area contributed by atoms with E-state index in [9.17, 15) is 4.79 Å². The van der Waals surface area contributed by atoms with Crippen LogP contribution in [-0.4, -0.2) is 16.5 Å². The zero-order chi connectivity index (χ0) is 18.6. The number of benzene rings is 1. The minimum Gasteiger partial charge on any atom is -0.353 e. The first-order valence-electron chi connectivity index (χ1n) is 10.9. The molecular weight excluding hydrogens is 332 g/mol. The predicted octanol–water partition coefficient (Wildman–Crippen LogP) is 4.83. The van der Waals surface area contributed by atoms with Gasteiger partial charge in [-0.2, -0.15) is 0 Å². The Hall–Kier alpha value is -1.77. The lowest BCUT2D eigenvalue weighted by Gasteiger charge is -2.55. The van der Waals surface area contributed by atoms with Crippen LogP contribution in [0.1, 0.15) is 57.4 Å². The Morgan fingerprint density at radius 2 is 1.78 bits per heavy atom. The summed E-state index contributed by atoms with van der Waals surface area (Å²) < 4.78 is 2.21. The fourth-order valence-electron chi connectivity index (χ4n) is 6.83. The number of hydrogen-bond acceptors (Lipinski definition) is 1. The lowest BCUT2D eigenvalue weighted by molar-refractivity contribution is -0.146. The van der Waals surface area contributed by atoms with Crippen LogP contribution < -0.4 is 5.32 Å². The van der Waals surface area contributed by atoms with E-state index in [1.54, 1.807) is 0 Å². The van der Waals surface area contributed by atoms with Crippen molar-refractivity contribution < 1.29 is 4.79 Å².